The molecule has 0 aromatic heterocycles. The zero-order valence-electron chi connectivity index (χ0n) is 13.4. The monoisotopic (exact) mass is 316 g/mol. The SMILES string of the molecule is CC(C)(C)CC(=O)N[C@@H]1CS(=O)(=O)C[C@@H]1N1CCCCC1. The predicted molar refractivity (Wildman–Crippen MR) is 83.9 cm³/mol. The molecule has 0 aromatic carbocycles. The van der Waals surface area contributed by atoms with Crippen LogP contribution in [-0.2, 0) is 14.6 Å². The minimum Gasteiger partial charge on any atom is -0.351 e. The van der Waals surface area contributed by atoms with Gasteiger partial charge in [-0.25, -0.2) is 8.42 Å². The van der Waals surface area contributed by atoms with Crippen LogP contribution in [0.25, 0.3) is 0 Å². The van der Waals surface area contributed by atoms with E-state index in [2.05, 4.69) is 10.2 Å². The minimum absolute atomic E-state index is 0.0355. The fourth-order valence-electron chi connectivity index (χ4n) is 3.32. The molecule has 1 N–H and O–H groups in total. The second-order valence-electron chi connectivity index (χ2n) is 7.65. The summed E-state index contributed by atoms with van der Waals surface area (Å²) in [6, 6.07) is -0.290. The normalized spacial score (nSPS) is 30.2. The lowest BCUT2D eigenvalue weighted by molar-refractivity contribution is -0.123. The maximum atomic E-state index is 12.1. The maximum absolute atomic E-state index is 12.1. The van der Waals surface area contributed by atoms with Crippen LogP contribution >= 0.6 is 0 Å². The molecule has 2 fully saturated rings. The number of rotatable bonds is 3. The van der Waals surface area contributed by atoms with E-state index >= 15 is 0 Å². The summed E-state index contributed by atoms with van der Waals surface area (Å²) in [6.45, 7) is 7.94. The number of sulfone groups is 1. The number of hydrogen-bond donors (Lipinski definition) is 1. The van der Waals surface area contributed by atoms with Gasteiger partial charge in [0, 0.05) is 12.5 Å². The molecule has 2 aliphatic heterocycles. The molecule has 21 heavy (non-hydrogen) atoms. The molecule has 122 valence electrons. The van der Waals surface area contributed by atoms with Gasteiger partial charge in [-0.1, -0.05) is 27.2 Å². The molecule has 0 bridgehead atoms. The molecule has 6 heteroatoms. The number of hydrogen-bond acceptors (Lipinski definition) is 4. The van der Waals surface area contributed by atoms with Crippen molar-refractivity contribution in [2.45, 2.75) is 58.5 Å². The second kappa shape index (κ2) is 6.24. The number of likely N-dealkylation sites (tertiary alicyclic amines) is 1. The molecular formula is C15H28N2O3S. The predicted octanol–water partition coefficient (Wildman–Crippen LogP) is 1.19. The Bertz CT molecular complexity index is 476. The van der Waals surface area contributed by atoms with Crippen molar-refractivity contribution in [3.05, 3.63) is 0 Å². The van der Waals surface area contributed by atoms with Crippen molar-refractivity contribution in [1.82, 2.24) is 10.2 Å². The standard InChI is InChI=1S/C15H28N2O3S/c1-15(2,3)9-14(18)16-12-10-21(19,20)11-13(12)17-7-5-4-6-8-17/h12-13H,4-11H2,1-3H3,(H,16,18)/t12-,13+/m1/s1. The van der Waals surface area contributed by atoms with Gasteiger partial charge < -0.3 is 5.32 Å². The second-order valence-corrected chi connectivity index (χ2v) is 9.81. The highest BCUT2D eigenvalue weighted by Gasteiger charge is 2.42. The molecular weight excluding hydrogens is 288 g/mol. The van der Waals surface area contributed by atoms with Gasteiger partial charge in [0.1, 0.15) is 0 Å². The van der Waals surface area contributed by atoms with Crippen molar-refractivity contribution in [2.75, 3.05) is 24.6 Å². The van der Waals surface area contributed by atoms with Crippen LogP contribution in [0.5, 0.6) is 0 Å². The first-order chi connectivity index (χ1) is 9.66. The number of piperidine rings is 1. The summed E-state index contributed by atoms with van der Waals surface area (Å²) < 4.78 is 24.0. The lowest BCUT2D eigenvalue weighted by atomic mass is 9.91. The lowest BCUT2D eigenvalue weighted by Crippen LogP contribution is -2.52. The van der Waals surface area contributed by atoms with Gasteiger partial charge in [-0.2, -0.15) is 0 Å². The third-order valence-electron chi connectivity index (χ3n) is 4.22. The fraction of sp³-hybridized carbons (Fsp3) is 0.933. The molecule has 2 heterocycles. The largest absolute Gasteiger partial charge is 0.351 e. The highest BCUT2D eigenvalue weighted by molar-refractivity contribution is 7.91. The van der Waals surface area contributed by atoms with Gasteiger partial charge in [-0.3, -0.25) is 9.69 Å². The summed E-state index contributed by atoms with van der Waals surface area (Å²) in [5.74, 6) is 0.240. The van der Waals surface area contributed by atoms with E-state index in [1.807, 2.05) is 20.8 Å². The van der Waals surface area contributed by atoms with Crippen molar-refractivity contribution in [3.63, 3.8) is 0 Å². The van der Waals surface area contributed by atoms with Crippen LogP contribution in [0.4, 0.5) is 0 Å². The van der Waals surface area contributed by atoms with Gasteiger partial charge in [0.05, 0.1) is 17.5 Å². The summed E-state index contributed by atoms with van der Waals surface area (Å²) in [7, 11) is -3.04. The smallest absolute Gasteiger partial charge is 0.220 e. The molecule has 0 aliphatic carbocycles. The summed E-state index contributed by atoms with van der Waals surface area (Å²) in [6.07, 6.45) is 3.89. The quantitative estimate of drug-likeness (QED) is 0.849. The average Bonchev–Trinajstić information content (AvgIpc) is 2.63. The van der Waals surface area contributed by atoms with E-state index in [-0.39, 0.29) is 34.9 Å². The van der Waals surface area contributed by atoms with Crippen LogP contribution in [0.15, 0.2) is 0 Å². The summed E-state index contributed by atoms with van der Waals surface area (Å²) >= 11 is 0. The van der Waals surface area contributed by atoms with Crippen molar-refractivity contribution in [2.24, 2.45) is 5.41 Å². The first-order valence-electron chi connectivity index (χ1n) is 7.90. The van der Waals surface area contributed by atoms with Crippen LogP contribution in [0, 0.1) is 5.41 Å². The Labute approximate surface area is 128 Å². The lowest BCUT2D eigenvalue weighted by Gasteiger charge is -2.35. The Morgan fingerprint density at radius 1 is 1.14 bits per heavy atom. The Morgan fingerprint density at radius 2 is 1.76 bits per heavy atom. The molecule has 0 aromatic rings. The van der Waals surface area contributed by atoms with Gasteiger partial charge >= 0.3 is 0 Å². The summed E-state index contributed by atoms with van der Waals surface area (Å²) in [5.41, 5.74) is -0.0812. The van der Waals surface area contributed by atoms with E-state index < -0.39 is 9.84 Å². The van der Waals surface area contributed by atoms with Gasteiger partial charge in [-0.15, -0.1) is 0 Å². The Balaban J connectivity index is 2.02. The molecule has 2 atom stereocenters. The molecule has 5 nitrogen and oxygen atoms in total. The molecule has 2 rings (SSSR count). The first kappa shape index (κ1) is 16.7. The summed E-state index contributed by atoms with van der Waals surface area (Å²) in [5, 5.41) is 2.98. The molecule has 0 radical (unpaired) electrons. The molecule has 2 saturated heterocycles. The Morgan fingerprint density at radius 3 is 2.33 bits per heavy atom. The Hall–Kier alpha value is -0.620. The van der Waals surface area contributed by atoms with Crippen LogP contribution in [0.3, 0.4) is 0 Å². The third-order valence-corrected chi connectivity index (χ3v) is 5.94. The van der Waals surface area contributed by atoms with E-state index in [1.165, 1.54) is 6.42 Å². The number of carbonyl (C=O) groups is 1. The molecule has 0 spiro atoms. The van der Waals surface area contributed by atoms with E-state index in [1.54, 1.807) is 0 Å². The fourth-order valence-corrected chi connectivity index (χ4v) is 5.27. The van der Waals surface area contributed by atoms with Gasteiger partial charge in [0.2, 0.25) is 5.91 Å². The zero-order chi connectivity index (χ0) is 15.7. The molecule has 0 unspecified atom stereocenters. The minimum atomic E-state index is -3.04. The third kappa shape index (κ3) is 4.95. The number of amides is 1. The van der Waals surface area contributed by atoms with Gasteiger partial charge in [0.15, 0.2) is 9.84 Å². The van der Waals surface area contributed by atoms with Crippen molar-refractivity contribution in [3.8, 4) is 0 Å². The van der Waals surface area contributed by atoms with Crippen LogP contribution < -0.4 is 5.32 Å². The topological polar surface area (TPSA) is 66.5 Å². The number of nitrogens with one attached hydrogen (secondary N) is 1. The van der Waals surface area contributed by atoms with Crippen LogP contribution in [0.2, 0.25) is 0 Å². The van der Waals surface area contributed by atoms with E-state index in [0.29, 0.717) is 6.42 Å². The van der Waals surface area contributed by atoms with E-state index in [0.717, 1.165) is 25.9 Å². The van der Waals surface area contributed by atoms with Crippen LogP contribution in [-0.4, -0.2) is 55.9 Å². The van der Waals surface area contributed by atoms with Crippen molar-refractivity contribution >= 4 is 15.7 Å². The van der Waals surface area contributed by atoms with Gasteiger partial charge in [0.25, 0.3) is 0 Å². The van der Waals surface area contributed by atoms with Crippen molar-refractivity contribution < 1.29 is 13.2 Å². The zero-order valence-corrected chi connectivity index (χ0v) is 14.2. The van der Waals surface area contributed by atoms with Crippen molar-refractivity contribution in [1.29, 1.82) is 0 Å². The molecule has 2 aliphatic rings. The first-order valence-corrected chi connectivity index (χ1v) is 9.72. The van der Waals surface area contributed by atoms with Crippen LogP contribution in [0.1, 0.15) is 46.5 Å². The molecule has 0 saturated carbocycles. The highest BCUT2D eigenvalue weighted by atomic mass is 32.2. The number of carbonyl (C=O) groups excluding carboxylic acids is 1. The summed E-state index contributed by atoms with van der Waals surface area (Å²) in [4.78, 5) is 14.4. The van der Waals surface area contributed by atoms with E-state index in [9.17, 15) is 13.2 Å². The highest BCUT2D eigenvalue weighted by Crippen LogP contribution is 2.23. The maximum Gasteiger partial charge on any atom is 0.220 e. The Kier molecular flexibility index (Phi) is 4.98. The van der Waals surface area contributed by atoms with Gasteiger partial charge in [-0.05, 0) is 31.3 Å². The van der Waals surface area contributed by atoms with E-state index in [4.69, 9.17) is 0 Å². The average molecular weight is 316 g/mol. The number of nitrogens with zero attached hydrogens (tertiary/aromatic N) is 1. The molecule has 1 amide bonds.